The lowest BCUT2D eigenvalue weighted by Crippen LogP contribution is -2.44. The molecule has 1 aliphatic rings. The van der Waals surface area contributed by atoms with Gasteiger partial charge in [-0.05, 0) is 44.7 Å². The molecule has 0 radical (unpaired) electrons. The van der Waals surface area contributed by atoms with Crippen molar-refractivity contribution in [3.63, 3.8) is 0 Å². The first-order valence-corrected chi connectivity index (χ1v) is 8.82. The molecule has 0 aromatic rings. The summed E-state index contributed by atoms with van der Waals surface area (Å²) >= 11 is 0. The molecule has 4 heteroatoms. The van der Waals surface area contributed by atoms with E-state index in [0.717, 1.165) is 30.9 Å². The molecule has 0 bridgehead atoms. The lowest BCUT2D eigenvalue weighted by Gasteiger charge is -2.30. The van der Waals surface area contributed by atoms with E-state index in [1.54, 1.807) is 0 Å². The second-order valence-corrected chi connectivity index (χ2v) is 6.52. The number of rotatable bonds is 8. The summed E-state index contributed by atoms with van der Waals surface area (Å²) in [5, 5.41) is 7.01. The van der Waals surface area contributed by atoms with Gasteiger partial charge in [0.25, 0.3) is 0 Å². The van der Waals surface area contributed by atoms with Crippen molar-refractivity contribution in [1.29, 1.82) is 0 Å². The van der Waals surface area contributed by atoms with Crippen LogP contribution in [0.2, 0.25) is 0 Å². The molecular formula is C17H36N4. The minimum atomic E-state index is 0.754. The molecule has 2 atom stereocenters. The molecule has 1 saturated heterocycles. The molecule has 0 aromatic heterocycles. The average molecular weight is 297 g/mol. The van der Waals surface area contributed by atoms with Crippen LogP contribution in [-0.2, 0) is 0 Å². The van der Waals surface area contributed by atoms with Gasteiger partial charge in [0.15, 0.2) is 5.96 Å². The Morgan fingerprint density at radius 2 is 2.14 bits per heavy atom. The van der Waals surface area contributed by atoms with E-state index < -0.39 is 0 Å². The zero-order valence-electron chi connectivity index (χ0n) is 14.6. The van der Waals surface area contributed by atoms with Crippen LogP contribution in [0.1, 0.15) is 52.4 Å². The van der Waals surface area contributed by atoms with Crippen molar-refractivity contribution in [3.05, 3.63) is 0 Å². The second kappa shape index (κ2) is 10.9. The van der Waals surface area contributed by atoms with Gasteiger partial charge in [0.05, 0.1) is 0 Å². The number of piperidine rings is 1. The van der Waals surface area contributed by atoms with E-state index in [4.69, 9.17) is 0 Å². The highest BCUT2D eigenvalue weighted by Crippen LogP contribution is 2.14. The number of likely N-dealkylation sites (tertiary alicyclic amines) is 1. The molecule has 1 fully saturated rings. The summed E-state index contributed by atoms with van der Waals surface area (Å²) in [5.41, 5.74) is 0. The number of unbranched alkanes of at least 4 members (excludes halogenated alkanes) is 1. The highest BCUT2D eigenvalue weighted by molar-refractivity contribution is 5.79. The molecule has 21 heavy (non-hydrogen) atoms. The molecule has 1 aliphatic heterocycles. The van der Waals surface area contributed by atoms with E-state index >= 15 is 0 Å². The lowest BCUT2D eigenvalue weighted by molar-refractivity contribution is 0.210. The Labute approximate surface area is 131 Å². The van der Waals surface area contributed by atoms with Crippen LogP contribution < -0.4 is 10.6 Å². The van der Waals surface area contributed by atoms with Crippen LogP contribution in [0.25, 0.3) is 0 Å². The van der Waals surface area contributed by atoms with Crippen LogP contribution in [0.4, 0.5) is 0 Å². The van der Waals surface area contributed by atoms with Gasteiger partial charge in [0.2, 0.25) is 0 Å². The molecule has 0 aromatic carbocycles. The largest absolute Gasteiger partial charge is 0.356 e. The molecule has 1 rings (SSSR count). The van der Waals surface area contributed by atoms with Crippen molar-refractivity contribution >= 4 is 5.96 Å². The van der Waals surface area contributed by atoms with Crippen molar-refractivity contribution in [1.82, 2.24) is 15.5 Å². The fourth-order valence-corrected chi connectivity index (χ4v) is 3.09. The Kier molecular flexibility index (Phi) is 9.48. The quantitative estimate of drug-likeness (QED) is 0.534. The first-order valence-electron chi connectivity index (χ1n) is 8.82. The van der Waals surface area contributed by atoms with Crippen LogP contribution in [0.5, 0.6) is 0 Å². The maximum absolute atomic E-state index is 4.36. The van der Waals surface area contributed by atoms with Crippen LogP contribution in [0, 0.1) is 11.8 Å². The molecule has 0 aliphatic carbocycles. The molecule has 1 heterocycles. The lowest BCUT2D eigenvalue weighted by atomic mass is 9.98. The summed E-state index contributed by atoms with van der Waals surface area (Å²) in [5.74, 6) is 2.49. The van der Waals surface area contributed by atoms with Gasteiger partial charge < -0.3 is 15.5 Å². The van der Waals surface area contributed by atoms with Crippen molar-refractivity contribution < 1.29 is 0 Å². The van der Waals surface area contributed by atoms with Gasteiger partial charge >= 0.3 is 0 Å². The number of nitrogens with zero attached hydrogens (tertiary/aromatic N) is 2. The third kappa shape index (κ3) is 7.70. The summed E-state index contributed by atoms with van der Waals surface area (Å²) in [6, 6.07) is 0. The zero-order chi connectivity index (χ0) is 15.5. The van der Waals surface area contributed by atoms with Crippen LogP contribution in [0.3, 0.4) is 0 Å². The van der Waals surface area contributed by atoms with Gasteiger partial charge in [-0.2, -0.15) is 0 Å². The normalized spacial score (nSPS) is 22.1. The van der Waals surface area contributed by atoms with E-state index in [1.807, 2.05) is 7.05 Å². The fourth-order valence-electron chi connectivity index (χ4n) is 3.09. The van der Waals surface area contributed by atoms with Gasteiger partial charge in [-0.3, -0.25) is 4.99 Å². The summed E-state index contributed by atoms with van der Waals surface area (Å²) in [7, 11) is 4.09. The second-order valence-electron chi connectivity index (χ2n) is 6.52. The summed E-state index contributed by atoms with van der Waals surface area (Å²) in [4.78, 5) is 6.79. The predicted molar refractivity (Wildman–Crippen MR) is 92.9 cm³/mol. The highest BCUT2D eigenvalue weighted by Gasteiger charge is 2.17. The first-order chi connectivity index (χ1) is 10.2. The standard InChI is InChI=1S/C17H36N4/c1-5-7-9-15(6-2)12-19-17(18-3)20-13-16-10-8-11-21(4)14-16/h15-16H,5-14H2,1-4H3,(H2,18,19,20). The first kappa shape index (κ1) is 18.3. The molecule has 2 N–H and O–H groups in total. The van der Waals surface area contributed by atoms with E-state index in [0.29, 0.717) is 0 Å². The van der Waals surface area contributed by atoms with Crippen molar-refractivity contribution in [3.8, 4) is 0 Å². The Balaban J connectivity index is 2.24. The fraction of sp³-hybridized carbons (Fsp3) is 0.941. The van der Waals surface area contributed by atoms with E-state index in [-0.39, 0.29) is 0 Å². The molecule has 0 saturated carbocycles. The Morgan fingerprint density at radius 1 is 1.33 bits per heavy atom. The van der Waals surface area contributed by atoms with Gasteiger partial charge in [-0.1, -0.05) is 33.1 Å². The van der Waals surface area contributed by atoms with Gasteiger partial charge in [-0.25, -0.2) is 0 Å². The third-order valence-corrected chi connectivity index (χ3v) is 4.61. The molecule has 2 unspecified atom stereocenters. The minimum Gasteiger partial charge on any atom is -0.356 e. The van der Waals surface area contributed by atoms with Gasteiger partial charge in [-0.15, -0.1) is 0 Å². The number of aliphatic imine (C=N–C) groups is 1. The number of hydrogen-bond donors (Lipinski definition) is 2. The Hall–Kier alpha value is -0.770. The topological polar surface area (TPSA) is 39.7 Å². The molecule has 124 valence electrons. The molecular weight excluding hydrogens is 260 g/mol. The average Bonchev–Trinajstić information content (AvgIpc) is 2.50. The maximum Gasteiger partial charge on any atom is 0.190 e. The molecule has 0 spiro atoms. The van der Waals surface area contributed by atoms with E-state index in [2.05, 4.69) is 41.4 Å². The van der Waals surface area contributed by atoms with Crippen molar-refractivity contribution in [2.24, 2.45) is 16.8 Å². The maximum atomic E-state index is 4.36. The van der Waals surface area contributed by atoms with Gasteiger partial charge in [0, 0.05) is 26.7 Å². The van der Waals surface area contributed by atoms with Crippen LogP contribution in [-0.4, -0.2) is 51.1 Å². The van der Waals surface area contributed by atoms with Crippen LogP contribution >= 0.6 is 0 Å². The number of hydrogen-bond acceptors (Lipinski definition) is 2. The number of nitrogens with one attached hydrogen (secondary N) is 2. The summed E-state index contributed by atoms with van der Waals surface area (Å²) < 4.78 is 0. The van der Waals surface area contributed by atoms with E-state index in [1.165, 1.54) is 51.6 Å². The molecule has 4 nitrogen and oxygen atoms in total. The van der Waals surface area contributed by atoms with Crippen molar-refractivity contribution in [2.75, 3.05) is 40.3 Å². The van der Waals surface area contributed by atoms with Crippen molar-refractivity contribution in [2.45, 2.75) is 52.4 Å². The highest BCUT2D eigenvalue weighted by atomic mass is 15.2. The van der Waals surface area contributed by atoms with Gasteiger partial charge in [0.1, 0.15) is 0 Å². The van der Waals surface area contributed by atoms with Crippen LogP contribution in [0.15, 0.2) is 4.99 Å². The third-order valence-electron chi connectivity index (χ3n) is 4.61. The zero-order valence-corrected chi connectivity index (χ0v) is 14.6. The Morgan fingerprint density at radius 3 is 2.76 bits per heavy atom. The summed E-state index contributed by atoms with van der Waals surface area (Å²) in [6.45, 7) is 9.09. The SMILES string of the molecule is CCCCC(CC)CNC(=NC)NCC1CCCN(C)C1. The predicted octanol–water partition coefficient (Wildman–Crippen LogP) is 2.71. The number of guanidine groups is 1. The smallest absolute Gasteiger partial charge is 0.190 e. The van der Waals surface area contributed by atoms with E-state index in [9.17, 15) is 0 Å². The molecule has 0 amide bonds. The minimum absolute atomic E-state index is 0.754. The summed E-state index contributed by atoms with van der Waals surface area (Å²) in [6.07, 6.45) is 7.85. The monoisotopic (exact) mass is 296 g/mol. The Bertz CT molecular complexity index is 291.